The number of phenolic OH excluding ortho intramolecular Hbond substituents is 1. The van der Waals surface area contributed by atoms with Crippen LogP contribution >= 0.6 is 15.9 Å². The number of benzene rings is 2. The first kappa shape index (κ1) is 35.4. The fraction of sp³-hybridized carbons (Fsp3) is 0.545. The minimum atomic E-state index is -3.71. The second-order valence-electron chi connectivity index (χ2n) is 13.1. The van der Waals surface area contributed by atoms with Crippen LogP contribution in [0.3, 0.4) is 0 Å². The molecule has 0 aromatic heterocycles. The molecule has 0 radical (unpaired) electrons. The van der Waals surface area contributed by atoms with E-state index in [0.717, 1.165) is 36.1 Å². The van der Waals surface area contributed by atoms with Gasteiger partial charge in [0.05, 0.1) is 4.47 Å². The van der Waals surface area contributed by atoms with Gasteiger partial charge in [-0.15, -0.1) is 0 Å². The van der Waals surface area contributed by atoms with E-state index in [-0.39, 0.29) is 36.2 Å². The van der Waals surface area contributed by atoms with Crippen LogP contribution in [0, 0.1) is 0 Å². The second-order valence-corrected chi connectivity index (χ2v) is 15.5. The van der Waals surface area contributed by atoms with Crippen molar-refractivity contribution in [3.8, 4) is 5.75 Å². The number of urea groups is 1. The number of rotatable bonds is 7. The molecule has 0 aliphatic carbocycles. The van der Waals surface area contributed by atoms with Crippen molar-refractivity contribution in [2.45, 2.75) is 56.7 Å². The fourth-order valence-electron chi connectivity index (χ4n) is 7.34. The second kappa shape index (κ2) is 15.2. The van der Waals surface area contributed by atoms with E-state index in [1.807, 2.05) is 29.2 Å². The molecule has 16 heteroatoms. The van der Waals surface area contributed by atoms with Crippen LogP contribution in [-0.4, -0.2) is 133 Å². The molecule has 3 fully saturated rings. The van der Waals surface area contributed by atoms with Gasteiger partial charge < -0.3 is 29.9 Å². The van der Waals surface area contributed by atoms with Crippen LogP contribution in [0.4, 0.5) is 15.3 Å². The largest absolute Gasteiger partial charge is 0.507 e. The van der Waals surface area contributed by atoms with Crippen molar-refractivity contribution in [3.63, 3.8) is 0 Å². The number of hydrogen-bond acceptors (Lipinski definition) is 8. The van der Waals surface area contributed by atoms with Gasteiger partial charge in [0.25, 0.3) is 16.1 Å². The Labute approximate surface area is 295 Å². The normalized spacial score (nSPS) is 21.1. The van der Waals surface area contributed by atoms with Crippen molar-refractivity contribution in [3.05, 3.63) is 58.1 Å². The standard InChI is InChI=1S/C33H44BrN7O7S/c34-27-21-23(5-6-29(27)42)22-30(31(43)38-12-8-25(9-13-38)37-17-19-40(20-18-37)49(35,46)47)48-33(45)39-14-10-26(11-15-39)41-16-7-24-3-1-2-4-28(24)36-32(41)44/h1-6,21,25-26,30,42H,7-20,22H2,(H,36,44)(H2,35,46,47). The number of nitrogens with zero attached hydrogens (tertiary/aromatic N) is 5. The molecule has 49 heavy (non-hydrogen) atoms. The van der Waals surface area contributed by atoms with Crippen molar-refractivity contribution in [1.82, 2.24) is 23.9 Å². The molecule has 3 saturated heterocycles. The maximum atomic E-state index is 13.9. The SMILES string of the molecule is NS(=O)(=O)N1CCN(C2CCN(C(=O)C(Cc3ccc(O)c(Br)c3)OC(=O)N3CCC(N4CCc5ccccc5NC4=O)CC3)CC2)CC1. The quantitative estimate of drug-likeness (QED) is 0.387. The molecule has 4 aliphatic rings. The first-order valence-corrected chi connectivity index (χ1v) is 19.1. The predicted octanol–water partition coefficient (Wildman–Crippen LogP) is 2.57. The van der Waals surface area contributed by atoms with E-state index in [9.17, 15) is 27.9 Å². The highest BCUT2D eigenvalue weighted by Gasteiger charge is 2.37. The molecular weight excluding hydrogens is 718 g/mol. The van der Waals surface area contributed by atoms with E-state index in [0.29, 0.717) is 76.2 Å². The summed E-state index contributed by atoms with van der Waals surface area (Å²) in [5.41, 5.74) is 2.66. The summed E-state index contributed by atoms with van der Waals surface area (Å²) < 4.78 is 31.1. The van der Waals surface area contributed by atoms with E-state index >= 15 is 0 Å². The first-order valence-electron chi connectivity index (χ1n) is 16.9. The Morgan fingerprint density at radius 3 is 2.24 bits per heavy atom. The number of halogens is 1. The van der Waals surface area contributed by atoms with Gasteiger partial charge in [-0.3, -0.25) is 9.69 Å². The zero-order valence-electron chi connectivity index (χ0n) is 27.4. The lowest BCUT2D eigenvalue weighted by Crippen LogP contribution is -2.56. The van der Waals surface area contributed by atoms with Gasteiger partial charge in [0, 0.05) is 83.1 Å². The van der Waals surface area contributed by atoms with Crippen LogP contribution in [0.2, 0.25) is 0 Å². The monoisotopic (exact) mass is 761 g/mol. The topological polar surface area (TPSA) is 169 Å². The zero-order valence-corrected chi connectivity index (χ0v) is 29.8. The van der Waals surface area contributed by atoms with Crippen molar-refractivity contribution in [1.29, 1.82) is 0 Å². The summed E-state index contributed by atoms with van der Waals surface area (Å²) in [6.07, 6.45) is 1.90. The Kier molecular flexibility index (Phi) is 11.0. The average molecular weight is 763 g/mol. The van der Waals surface area contributed by atoms with E-state index in [1.54, 1.807) is 21.9 Å². The molecule has 4 N–H and O–H groups in total. The third-order valence-electron chi connectivity index (χ3n) is 10.2. The van der Waals surface area contributed by atoms with Crippen LogP contribution in [0.15, 0.2) is 46.9 Å². The van der Waals surface area contributed by atoms with E-state index < -0.39 is 22.4 Å². The van der Waals surface area contributed by atoms with Gasteiger partial charge >= 0.3 is 12.1 Å². The van der Waals surface area contributed by atoms with E-state index in [1.165, 1.54) is 10.4 Å². The Balaban J connectivity index is 1.06. The number of para-hydroxylation sites is 1. The van der Waals surface area contributed by atoms with Gasteiger partial charge in [0.15, 0.2) is 6.10 Å². The maximum absolute atomic E-state index is 13.9. The lowest BCUT2D eigenvalue weighted by atomic mass is 10.0. The highest BCUT2D eigenvalue weighted by molar-refractivity contribution is 9.10. The van der Waals surface area contributed by atoms with Crippen molar-refractivity contribution in [2.75, 3.05) is 64.2 Å². The lowest BCUT2D eigenvalue weighted by molar-refractivity contribution is -0.142. The highest BCUT2D eigenvalue weighted by Crippen LogP contribution is 2.28. The first-order chi connectivity index (χ1) is 23.5. The number of fused-ring (bicyclic) bond motifs is 1. The molecule has 1 atom stereocenters. The maximum Gasteiger partial charge on any atom is 0.410 e. The number of piperazine rings is 1. The van der Waals surface area contributed by atoms with Crippen LogP contribution in [0.5, 0.6) is 5.75 Å². The Hall–Kier alpha value is -3.44. The molecule has 266 valence electrons. The fourth-order valence-corrected chi connectivity index (χ4v) is 8.44. The number of nitrogens with two attached hydrogens (primary N) is 1. The minimum Gasteiger partial charge on any atom is -0.507 e. The van der Waals surface area contributed by atoms with Crippen molar-refractivity contribution < 1.29 is 32.6 Å². The molecule has 4 aliphatic heterocycles. The van der Waals surface area contributed by atoms with Gasteiger partial charge in [-0.1, -0.05) is 24.3 Å². The summed E-state index contributed by atoms with van der Waals surface area (Å²) in [5.74, 6) is -0.203. The number of ether oxygens (including phenoxy) is 1. The summed E-state index contributed by atoms with van der Waals surface area (Å²) in [5, 5.41) is 18.3. The third-order valence-corrected chi connectivity index (χ3v) is 11.9. The van der Waals surface area contributed by atoms with Crippen molar-refractivity contribution >= 4 is 49.9 Å². The lowest BCUT2D eigenvalue weighted by Gasteiger charge is -2.42. The average Bonchev–Trinajstić information content (AvgIpc) is 3.27. The van der Waals surface area contributed by atoms with Crippen LogP contribution in [0.1, 0.15) is 36.8 Å². The number of anilines is 1. The number of likely N-dealkylation sites (tertiary alicyclic amines) is 2. The summed E-state index contributed by atoms with van der Waals surface area (Å²) >= 11 is 3.34. The van der Waals surface area contributed by atoms with E-state index in [2.05, 4.69) is 26.1 Å². The molecule has 2 aromatic rings. The predicted molar refractivity (Wildman–Crippen MR) is 186 cm³/mol. The van der Waals surface area contributed by atoms with Gasteiger partial charge in [-0.05, 0) is 77.4 Å². The summed E-state index contributed by atoms with van der Waals surface area (Å²) in [6.45, 7) is 4.21. The number of hydrogen-bond donors (Lipinski definition) is 3. The number of carbonyl (C=O) groups is 3. The van der Waals surface area contributed by atoms with Gasteiger partial charge in [-0.25, -0.2) is 14.7 Å². The number of phenols is 1. The Bertz CT molecular complexity index is 1640. The van der Waals surface area contributed by atoms with Crippen molar-refractivity contribution in [2.24, 2.45) is 5.14 Å². The number of aromatic hydroxyl groups is 1. The van der Waals surface area contributed by atoms with Gasteiger partial charge in [0.1, 0.15) is 5.75 Å². The van der Waals surface area contributed by atoms with Gasteiger partial charge in [-0.2, -0.15) is 12.7 Å². The Morgan fingerprint density at radius 2 is 1.57 bits per heavy atom. The molecule has 4 heterocycles. The number of amides is 4. The summed E-state index contributed by atoms with van der Waals surface area (Å²) in [4.78, 5) is 48.0. The molecule has 14 nitrogen and oxygen atoms in total. The van der Waals surface area contributed by atoms with E-state index in [4.69, 9.17) is 9.88 Å². The highest BCUT2D eigenvalue weighted by atomic mass is 79.9. The number of piperidine rings is 2. The molecule has 1 unspecified atom stereocenters. The minimum absolute atomic E-state index is 0.0193. The third kappa shape index (κ3) is 8.48. The molecule has 0 bridgehead atoms. The Morgan fingerprint density at radius 1 is 0.918 bits per heavy atom. The smallest absolute Gasteiger partial charge is 0.410 e. The molecule has 4 amide bonds. The van der Waals surface area contributed by atoms with Crippen LogP contribution in [0.25, 0.3) is 0 Å². The molecule has 6 rings (SSSR count). The molecule has 2 aromatic carbocycles. The summed E-state index contributed by atoms with van der Waals surface area (Å²) in [6, 6.07) is 12.8. The van der Waals surface area contributed by atoms with Gasteiger partial charge in [0.2, 0.25) is 0 Å². The summed E-state index contributed by atoms with van der Waals surface area (Å²) in [7, 11) is -3.71. The zero-order chi connectivity index (χ0) is 34.7. The van der Waals surface area contributed by atoms with Crippen LogP contribution < -0.4 is 10.5 Å². The molecule has 0 saturated carbocycles. The molecule has 0 spiro atoms. The van der Waals surface area contributed by atoms with Crippen LogP contribution in [-0.2, 0) is 32.6 Å². The molecular formula is C33H44BrN7O7S. The number of nitrogens with one attached hydrogen (secondary N) is 1. The number of carbonyl (C=O) groups excluding carboxylic acids is 3.